The van der Waals surface area contributed by atoms with Crippen LogP contribution in [0.1, 0.15) is 65.2 Å². The lowest BCUT2D eigenvalue weighted by Gasteiger charge is -2.63. The highest BCUT2D eigenvalue weighted by Crippen LogP contribution is 2.67. The maximum Gasteiger partial charge on any atom is 0.465 e. The van der Waals surface area contributed by atoms with Gasteiger partial charge in [0.15, 0.2) is 0 Å². The van der Waals surface area contributed by atoms with Gasteiger partial charge in [-0.1, -0.05) is 13.8 Å². The number of rotatable bonds is 8. The molecule has 0 aromatic rings. The molecule has 0 radical (unpaired) electrons. The predicted molar refractivity (Wildman–Crippen MR) is 97.1 cm³/mol. The fourth-order valence-corrected chi connectivity index (χ4v) is 7.11. The Morgan fingerprint density at radius 2 is 1.68 bits per heavy atom. The van der Waals surface area contributed by atoms with Crippen LogP contribution >= 0.6 is 0 Å². The smallest absolute Gasteiger partial charge is 0.460 e. The highest BCUT2D eigenvalue weighted by Gasteiger charge is 2.60. The van der Waals surface area contributed by atoms with Gasteiger partial charge in [-0.2, -0.15) is 17.2 Å². The molecule has 2 atom stereocenters. The summed E-state index contributed by atoms with van der Waals surface area (Å²) in [5.74, 6) is -1.31. The summed E-state index contributed by atoms with van der Waals surface area (Å²) in [6.07, 6.45) is 7.17. The molecule has 0 aliphatic heterocycles. The maximum atomic E-state index is 13.5. The van der Waals surface area contributed by atoms with Crippen molar-refractivity contribution < 1.29 is 36.4 Å². The molecular weight excluding hydrogens is 394 g/mol. The molecule has 4 aliphatic rings. The predicted octanol–water partition coefficient (Wildman–Crippen LogP) is 3.40. The number of ether oxygens (including phenoxy) is 1. The van der Waals surface area contributed by atoms with Crippen molar-refractivity contribution in [3.05, 3.63) is 0 Å². The summed E-state index contributed by atoms with van der Waals surface area (Å²) < 4.78 is 62.0. The maximum absolute atomic E-state index is 13.5. The van der Waals surface area contributed by atoms with Crippen molar-refractivity contribution in [2.45, 2.75) is 70.5 Å². The zero-order valence-electron chi connectivity index (χ0n) is 16.4. The summed E-state index contributed by atoms with van der Waals surface area (Å²) >= 11 is 0. The van der Waals surface area contributed by atoms with Gasteiger partial charge < -0.3 is 9.84 Å². The molecule has 4 saturated carbocycles. The molecule has 2 unspecified atom stereocenters. The molecule has 0 spiro atoms. The van der Waals surface area contributed by atoms with Gasteiger partial charge >= 0.3 is 21.3 Å². The first-order valence-electron chi connectivity index (χ1n) is 9.85. The summed E-state index contributed by atoms with van der Waals surface area (Å²) in [4.78, 5) is 11.7. The van der Waals surface area contributed by atoms with Crippen molar-refractivity contribution >= 4 is 16.1 Å². The Bertz CT molecular complexity index is 719. The molecule has 28 heavy (non-hydrogen) atoms. The summed E-state index contributed by atoms with van der Waals surface area (Å²) in [6.45, 7) is 4.12. The van der Waals surface area contributed by atoms with Crippen molar-refractivity contribution in [2.24, 2.45) is 28.1 Å². The number of aliphatic hydroxyl groups is 1. The SMILES string of the molecule is CC(C)(CCO)CC12CC3CC(CC(COC(=O)C(F)(F)S(=O)(=O)O)(C3)C1)C2. The van der Waals surface area contributed by atoms with Crippen molar-refractivity contribution in [3.8, 4) is 0 Å². The van der Waals surface area contributed by atoms with Crippen LogP contribution in [-0.2, 0) is 19.6 Å². The fraction of sp³-hybridized carbons (Fsp3) is 0.947. The minimum atomic E-state index is -5.85. The van der Waals surface area contributed by atoms with Gasteiger partial charge in [0.2, 0.25) is 0 Å². The Hall–Kier alpha value is -0.800. The fourth-order valence-electron chi connectivity index (χ4n) is 6.84. The number of carbonyl (C=O) groups excluding carboxylic acids is 1. The minimum Gasteiger partial charge on any atom is -0.460 e. The summed E-state index contributed by atoms with van der Waals surface area (Å²) in [5.41, 5.74) is -0.415. The van der Waals surface area contributed by atoms with Crippen LogP contribution in [0.15, 0.2) is 0 Å². The minimum absolute atomic E-state index is 0.0424. The Labute approximate surface area is 164 Å². The van der Waals surface area contributed by atoms with Crippen LogP contribution in [0.25, 0.3) is 0 Å². The molecule has 4 bridgehead atoms. The summed E-state index contributed by atoms with van der Waals surface area (Å²) in [5, 5.41) is 4.41. The van der Waals surface area contributed by atoms with Crippen LogP contribution in [-0.4, -0.2) is 42.5 Å². The van der Waals surface area contributed by atoms with Gasteiger partial charge in [0.25, 0.3) is 0 Å². The monoisotopic (exact) mass is 424 g/mol. The van der Waals surface area contributed by atoms with Crippen LogP contribution in [0.4, 0.5) is 8.78 Å². The standard InChI is InChI=1S/C19H30F2O6S/c1-16(2,3-4-22)10-17-6-13-5-14(7-17)9-18(8-13,11-17)12-27-15(23)19(20,21)28(24,25)26/h13-14,22H,3-12H2,1-2H3,(H,24,25,26). The van der Waals surface area contributed by atoms with Gasteiger partial charge in [-0.15, -0.1) is 0 Å². The topological polar surface area (TPSA) is 101 Å². The normalized spacial score (nSPS) is 35.2. The first kappa shape index (κ1) is 21.9. The van der Waals surface area contributed by atoms with E-state index in [0.717, 1.165) is 44.9 Å². The second-order valence-corrected chi connectivity index (χ2v) is 11.8. The Balaban J connectivity index is 1.75. The molecule has 4 fully saturated rings. The van der Waals surface area contributed by atoms with E-state index in [1.807, 2.05) is 0 Å². The van der Waals surface area contributed by atoms with Crippen molar-refractivity contribution in [3.63, 3.8) is 0 Å². The molecule has 4 aliphatic carbocycles. The van der Waals surface area contributed by atoms with E-state index >= 15 is 0 Å². The van der Waals surface area contributed by atoms with Gasteiger partial charge in [0.1, 0.15) is 0 Å². The second kappa shape index (κ2) is 6.87. The molecule has 9 heteroatoms. The molecule has 0 amide bonds. The van der Waals surface area contributed by atoms with Gasteiger partial charge in [-0.25, -0.2) is 4.79 Å². The number of esters is 1. The lowest BCUT2D eigenvalue weighted by molar-refractivity contribution is -0.181. The first-order valence-corrected chi connectivity index (χ1v) is 11.3. The summed E-state index contributed by atoms with van der Waals surface area (Å²) in [6, 6.07) is 0. The van der Waals surface area contributed by atoms with Gasteiger partial charge in [-0.05, 0) is 74.0 Å². The Kier molecular flexibility index (Phi) is 5.38. The largest absolute Gasteiger partial charge is 0.465 e. The van der Waals surface area contributed by atoms with Crippen LogP contribution in [0.2, 0.25) is 0 Å². The highest BCUT2D eigenvalue weighted by molar-refractivity contribution is 7.87. The van der Waals surface area contributed by atoms with E-state index < -0.39 is 26.8 Å². The Morgan fingerprint density at radius 3 is 2.18 bits per heavy atom. The third-order valence-corrected chi connectivity index (χ3v) is 7.83. The molecular formula is C19H30F2O6S. The zero-order valence-corrected chi connectivity index (χ0v) is 17.2. The van der Waals surface area contributed by atoms with Crippen LogP contribution in [0, 0.1) is 28.1 Å². The van der Waals surface area contributed by atoms with E-state index in [-0.39, 0.29) is 24.0 Å². The second-order valence-electron chi connectivity index (χ2n) is 10.3. The molecule has 2 N–H and O–H groups in total. The molecule has 0 saturated heterocycles. The van der Waals surface area contributed by atoms with Crippen LogP contribution in [0.3, 0.4) is 0 Å². The average Bonchev–Trinajstić information content (AvgIpc) is 2.48. The van der Waals surface area contributed by atoms with Crippen molar-refractivity contribution in [1.29, 1.82) is 0 Å². The highest BCUT2D eigenvalue weighted by atomic mass is 32.2. The van der Waals surface area contributed by atoms with E-state index in [4.69, 9.17) is 9.29 Å². The van der Waals surface area contributed by atoms with Gasteiger partial charge in [0, 0.05) is 12.0 Å². The number of hydrogen-bond acceptors (Lipinski definition) is 5. The number of halogens is 2. The molecule has 162 valence electrons. The molecule has 0 aromatic carbocycles. The third-order valence-electron chi connectivity index (χ3n) is 7.02. The Morgan fingerprint density at radius 1 is 1.14 bits per heavy atom. The number of aliphatic hydroxyl groups excluding tert-OH is 1. The van der Waals surface area contributed by atoms with E-state index in [1.165, 1.54) is 0 Å². The number of carbonyl (C=O) groups is 1. The van der Waals surface area contributed by atoms with Gasteiger partial charge in [-0.3, -0.25) is 4.55 Å². The average molecular weight is 425 g/mol. The number of alkyl halides is 2. The lowest BCUT2D eigenvalue weighted by atomic mass is 9.42. The zero-order chi connectivity index (χ0) is 21.0. The van der Waals surface area contributed by atoms with Crippen molar-refractivity contribution in [2.75, 3.05) is 13.2 Å². The lowest BCUT2D eigenvalue weighted by Crippen LogP contribution is -2.55. The first-order chi connectivity index (χ1) is 12.7. The van der Waals surface area contributed by atoms with E-state index in [1.54, 1.807) is 0 Å². The summed E-state index contributed by atoms with van der Waals surface area (Å²) in [7, 11) is -5.85. The molecule has 0 heterocycles. The van der Waals surface area contributed by atoms with E-state index in [0.29, 0.717) is 18.3 Å². The van der Waals surface area contributed by atoms with E-state index in [9.17, 15) is 27.1 Å². The van der Waals surface area contributed by atoms with Crippen LogP contribution in [0.5, 0.6) is 0 Å². The van der Waals surface area contributed by atoms with E-state index in [2.05, 4.69) is 13.8 Å². The van der Waals surface area contributed by atoms with Gasteiger partial charge in [0.05, 0.1) is 6.61 Å². The molecule has 4 rings (SSSR count). The molecule has 6 nitrogen and oxygen atoms in total. The quantitative estimate of drug-likeness (QED) is 0.458. The van der Waals surface area contributed by atoms with Crippen LogP contribution < -0.4 is 0 Å². The number of hydrogen-bond donors (Lipinski definition) is 2. The third kappa shape index (κ3) is 4.07. The van der Waals surface area contributed by atoms with Crippen molar-refractivity contribution in [1.82, 2.24) is 0 Å². The molecule has 0 aromatic heterocycles.